The van der Waals surface area contributed by atoms with Crippen LogP contribution in [-0.4, -0.2) is 29.1 Å². The molecule has 0 aliphatic rings. The molecule has 4 heteroatoms. The van der Waals surface area contributed by atoms with Crippen LogP contribution in [0.4, 0.5) is 11.6 Å². The Balaban J connectivity index is 3.08. The van der Waals surface area contributed by atoms with Crippen LogP contribution >= 0.6 is 0 Å². The van der Waals surface area contributed by atoms with Crippen LogP contribution < -0.4 is 10.2 Å². The lowest BCUT2D eigenvalue weighted by Gasteiger charge is -2.30. The fraction of sp³-hybridized carbons (Fsp3) is 0.765. The van der Waals surface area contributed by atoms with Crippen molar-refractivity contribution >= 4 is 11.6 Å². The number of hydrogen-bond acceptors (Lipinski definition) is 4. The summed E-state index contributed by atoms with van der Waals surface area (Å²) in [4.78, 5) is 11.9. The van der Waals surface area contributed by atoms with Gasteiger partial charge >= 0.3 is 0 Å². The van der Waals surface area contributed by atoms with Gasteiger partial charge in [-0.1, -0.05) is 27.2 Å². The van der Waals surface area contributed by atoms with E-state index in [1.807, 2.05) is 0 Å². The molecule has 4 nitrogen and oxygen atoms in total. The summed E-state index contributed by atoms with van der Waals surface area (Å²) in [6.45, 7) is 13.0. The lowest BCUT2D eigenvalue weighted by atomic mass is 10.2. The van der Waals surface area contributed by atoms with E-state index in [0.717, 1.165) is 49.8 Å². The molecule has 0 aliphatic heterocycles. The molecule has 0 saturated carbocycles. The molecule has 1 aromatic rings. The molecule has 1 N–H and O–H groups in total. The summed E-state index contributed by atoms with van der Waals surface area (Å²) in [5.74, 6) is 2.98. The molecular weight excluding hydrogens is 260 g/mol. The van der Waals surface area contributed by atoms with Gasteiger partial charge in [0.25, 0.3) is 0 Å². The largest absolute Gasteiger partial charge is 0.370 e. The molecule has 0 aliphatic carbocycles. The molecule has 0 saturated heterocycles. The average molecular weight is 292 g/mol. The number of nitrogens with one attached hydrogen (secondary N) is 1. The van der Waals surface area contributed by atoms with Gasteiger partial charge in [0.2, 0.25) is 0 Å². The van der Waals surface area contributed by atoms with Crippen molar-refractivity contribution in [3.63, 3.8) is 0 Å². The van der Waals surface area contributed by atoms with E-state index in [9.17, 15) is 0 Å². The zero-order valence-corrected chi connectivity index (χ0v) is 14.4. The third-order valence-electron chi connectivity index (χ3n) is 3.76. The molecule has 1 heterocycles. The van der Waals surface area contributed by atoms with Crippen LogP contribution in [0.5, 0.6) is 0 Å². The van der Waals surface area contributed by atoms with Gasteiger partial charge in [0.05, 0.1) is 0 Å². The maximum absolute atomic E-state index is 4.80. The molecule has 0 radical (unpaired) electrons. The minimum absolute atomic E-state index is 0.510. The zero-order chi connectivity index (χ0) is 15.7. The van der Waals surface area contributed by atoms with E-state index in [-0.39, 0.29) is 0 Å². The first-order valence-electron chi connectivity index (χ1n) is 8.54. The Labute approximate surface area is 130 Å². The Morgan fingerprint density at radius 1 is 1.14 bits per heavy atom. The molecular formula is C17H32N4. The van der Waals surface area contributed by atoms with Crippen molar-refractivity contribution < 1.29 is 0 Å². The average Bonchev–Trinajstić information content (AvgIpc) is 2.48. The molecule has 1 aromatic heterocycles. The van der Waals surface area contributed by atoms with Crippen LogP contribution in [0.1, 0.15) is 66.1 Å². The van der Waals surface area contributed by atoms with E-state index >= 15 is 0 Å². The van der Waals surface area contributed by atoms with E-state index in [2.05, 4.69) is 55.9 Å². The van der Waals surface area contributed by atoms with E-state index in [1.54, 1.807) is 0 Å². The van der Waals surface area contributed by atoms with Crippen molar-refractivity contribution in [2.75, 3.05) is 23.3 Å². The highest BCUT2D eigenvalue weighted by atomic mass is 15.2. The minimum Gasteiger partial charge on any atom is -0.370 e. The Kier molecular flexibility index (Phi) is 8.09. The van der Waals surface area contributed by atoms with Crippen LogP contribution in [0.3, 0.4) is 0 Å². The van der Waals surface area contributed by atoms with Gasteiger partial charge < -0.3 is 10.2 Å². The number of nitrogens with zero attached hydrogens (tertiary/aromatic N) is 3. The second kappa shape index (κ2) is 9.59. The smallest absolute Gasteiger partial charge is 0.134 e. The second-order valence-electron chi connectivity index (χ2n) is 5.61. The number of hydrogen-bond donors (Lipinski definition) is 1. The molecule has 0 amide bonds. The van der Waals surface area contributed by atoms with Crippen molar-refractivity contribution in [1.29, 1.82) is 0 Å². The maximum Gasteiger partial charge on any atom is 0.134 e. The minimum atomic E-state index is 0.510. The van der Waals surface area contributed by atoms with Gasteiger partial charge in [0.15, 0.2) is 0 Å². The molecule has 1 unspecified atom stereocenters. The van der Waals surface area contributed by atoms with Crippen molar-refractivity contribution in [3.8, 4) is 0 Å². The summed E-state index contributed by atoms with van der Waals surface area (Å²) in [6, 6.07) is 2.61. The van der Waals surface area contributed by atoms with Gasteiger partial charge in [-0.25, -0.2) is 9.97 Å². The number of anilines is 2. The number of unbranched alkanes of at least 4 members (excludes halogenated alkanes) is 1. The second-order valence-corrected chi connectivity index (χ2v) is 5.61. The van der Waals surface area contributed by atoms with Crippen molar-refractivity contribution in [2.45, 2.75) is 72.8 Å². The van der Waals surface area contributed by atoms with Crippen molar-refractivity contribution in [1.82, 2.24) is 9.97 Å². The van der Waals surface area contributed by atoms with E-state index in [4.69, 9.17) is 4.98 Å². The van der Waals surface area contributed by atoms with Gasteiger partial charge in [-0.3, -0.25) is 0 Å². The first kappa shape index (κ1) is 17.7. The van der Waals surface area contributed by atoms with E-state index < -0.39 is 0 Å². The van der Waals surface area contributed by atoms with Gasteiger partial charge in [-0.05, 0) is 33.1 Å². The van der Waals surface area contributed by atoms with E-state index in [1.165, 1.54) is 12.8 Å². The SMILES string of the molecule is CCCCN(c1cc(NCC)nc(CCC)n1)C(C)CC. The monoisotopic (exact) mass is 292 g/mol. The summed E-state index contributed by atoms with van der Waals surface area (Å²) < 4.78 is 0. The first-order valence-corrected chi connectivity index (χ1v) is 8.54. The quantitative estimate of drug-likeness (QED) is 0.699. The third kappa shape index (κ3) is 5.52. The third-order valence-corrected chi connectivity index (χ3v) is 3.76. The van der Waals surface area contributed by atoms with Gasteiger partial charge in [-0.2, -0.15) is 0 Å². The predicted molar refractivity (Wildman–Crippen MR) is 92.2 cm³/mol. The fourth-order valence-electron chi connectivity index (χ4n) is 2.35. The van der Waals surface area contributed by atoms with Crippen LogP contribution in [0.25, 0.3) is 0 Å². The Hall–Kier alpha value is -1.32. The highest BCUT2D eigenvalue weighted by Crippen LogP contribution is 2.21. The number of aromatic nitrogens is 2. The summed E-state index contributed by atoms with van der Waals surface area (Å²) in [5.41, 5.74) is 0. The van der Waals surface area contributed by atoms with Gasteiger partial charge in [-0.15, -0.1) is 0 Å². The highest BCUT2D eigenvalue weighted by molar-refractivity contribution is 5.50. The number of aryl methyl sites for hydroxylation is 1. The fourth-order valence-corrected chi connectivity index (χ4v) is 2.35. The van der Waals surface area contributed by atoms with Crippen molar-refractivity contribution in [3.05, 3.63) is 11.9 Å². The van der Waals surface area contributed by atoms with Crippen molar-refractivity contribution in [2.24, 2.45) is 0 Å². The van der Waals surface area contributed by atoms with Crippen LogP contribution in [0.15, 0.2) is 6.07 Å². The molecule has 0 aromatic carbocycles. The molecule has 0 bridgehead atoms. The summed E-state index contributed by atoms with van der Waals surface area (Å²) >= 11 is 0. The van der Waals surface area contributed by atoms with E-state index in [0.29, 0.717) is 6.04 Å². The van der Waals surface area contributed by atoms with Crippen LogP contribution in [0, 0.1) is 0 Å². The lowest BCUT2D eigenvalue weighted by molar-refractivity contribution is 0.587. The lowest BCUT2D eigenvalue weighted by Crippen LogP contribution is -2.34. The molecule has 1 rings (SSSR count). The van der Waals surface area contributed by atoms with Gasteiger partial charge in [0, 0.05) is 31.6 Å². The molecule has 21 heavy (non-hydrogen) atoms. The molecule has 0 fully saturated rings. The maximum atomic E-state index is 4.80. The molecule has 120 valence electrons. The molecule has 0 spiro atoms. The Morgan fingerprint density at radius 2 is 1.90 bits per heavy atom. The predicted octanol–water partition coefficient (Wildman–Crippen LogP) is 4.27. The molecule has 1 atom stereocenters. The normalized spacial score (nSPS) is 12.2. The van der Waals surface area contributed by atoms with Crippen LogP contribution in [0.2, 0.25) is 0 Å². The summed E-state index contributed by atoms with van der Waals surface area (Å²) in [5, 5.41) is 3.34. The summed E-state index contributed by atoms with van der Waals surface area (Å²) in [7, 11) is 0. The topological polar surface area (TPSA) is 41.0 Å². The van der Waals surface area contributed by atoms with Crippen LogP contribution in [-0.2, 0) is 6.42 Å². The number of rotatable bonds is 10. The zero-order valence-electron chi connectivity index (χ0n) is 14.4. The Morgan fingerprint density at radius 3 is 2.48 bits per heavy atom. The van der Waals surface area contributed by atoms with Gasteiger partial charge in [0.1, 0.15) is 17.5 Å². The standard InChI is InChI=1S/C17H32N4/c1-6-10-12-21(14(5)8-3)17-13-16(18-9-4)19-15(20-17)11-7-2/h13-14H,6-12H2,1-5H3,(H,18,19,20). The highest BCUT2D eigenvalue weighted by Gasteiger charge is 2.16. The Bertz CT molecular complexity index is 382. The first-order chi connectivity index (χ1) is 10.2. The summed E-state index contributed by atoms with van der Waals surface area (Å²) in [6.07, 6.45) is 5.56.